The van der Waals surface area contributed by atoms with Crippen LogP contribution >= 0.6 is 0 Å². The number of carbonyl (C=O) groups excluding carboxylic acids is 2. The molecular weight excluding hydrogens is 493 g/mol. The number of nitrogens with zero attached hydrogens (tertiary/aromatic N) is 4. The normalized spacial score (nSPS) is 24.9. The van der Waals surface area contributed by atoms with Crippen molar-refractivity contribution < 1.29 is 14.0 Å². The third-order valence-corrected chi connectivity index (χ3v) is 9.28. The Morgan fingerprint density at radius 1 is 1.13 bits per heavy atom. The van der Waals surface area contributed by atoms with Crippen LogP contribution in [0.15, 0.2) is 42.9 Å². The Hall–Kier alpha value is -3.26. The van der Waals surface area contributed by atoms with E-state index in [1.807, 2.05) is 24.5 Å². The first kappa shape index (κ1) is 26.0. The first-order valence-electron chi connectivity index (χ1n) is 14.4. The van der Waals surface area contributed by atoms with E-state index >= 15 is 0 Å². The average molecular weight is 532 g/mol. The minimum atomic E-state index is -0.444. The van der Waals surface area contributed by atoms with E-state index in [2.05, 4.69) is 21.4 Å². The Kier molecular flexibility index (Phi) is 6.91. The Balaban J connectivity index is 1.34. The van der Waals surface area contributed by atoms with Gasteiger partial charge in [-0.1, -0.05) is 0 Å². The summed E-state index contributed by atoms with van der Waals surface area (Å²) in [6.07, 6.45) is 12.3. The van der Waals surface area contributed by atoms with Crippen LogP contribution in [0.4, 0.5) is 4.39 Å². The minimum Gasteiger partial charge on any atom is -0.341 e. The molecule has 206 valence electrons. The quantitative estimate of drug-likeness (QED) is 0.510. The zero-order valence-electron chi connectivity index (χ0n) is 23.1. The van der Waals surface area contributed by atoms with Crippen molar-refractivity contribution in [2.24, 2.45) is 5.92 Å². The van der Waals surface area contributed by atoms with Gasteiger partial charge in [0.05, 0.1) is 29.0 Å². The number of aromatic nitrogens is 2. The number of amides is 2. The lowest BCUT2D eigenvalue weighted by molar-refractivity contribution is -0.138. The highest BCUT2D eigenvalue weighted by molar-refractivity contribution is 5.99. The molecule has 7 rings (SSSR count). The molecule has 2 aromatic heterocycles. The Morgan fingerprint density at radius 3 is 2.64 bits per heavy atom. The summed E-state index contributed by atoms with van der Waals surface area (Å²) in [6.45, 7) is 5.35. The number of piperidine rings is 3. The monoisotopic (exact) mass is 531 g/mol. The summed E-state index contributed by atoms with van der Waals surface area (Å²) < 4.78 is 16.4. The second-order valence-electron chi connectivity index (χ2n) is 11.9. The second kappa shape index (κ2) is 10.4. The van der Waals surface area contributed by atoms with Crippen LogP contribution in [0.1, 0.15) is 74.2 Å². The van der Waals surface area contributed by atoms with Gasteiger partial charge in [-0.3, -0.25) is 14.6 Å². The molecule has 3 saturated heterocycles. The van der Waals surface area contributed by atoms with E-state index in [4.69, 9.17) is 0 Å². The van der Waals surface area contributed by atoms with E-state index in [-0.39, 0.29) is 29.8 Å². The van der Waals surface area contributed by atoms with E-state index in [1.54, 1.807) is 30.4 Å². The fourth-order valence-corrected chi connectivity index (χ4v) is 6.85. The van der Waals surface area contributed by atoms with Gasteiger partial charge in [-0.05, 0) is 88.1 Å². The molecule has 3 aromatic rings. The van der Waals surface area contributed by atoms with Gasteiger partial charge in [0.2, 0.25) is 5.91 Å². The molecule has 2 atom stereocenters. The maximum atomic E-state index is 14.4. The van der Waals surface area contributed by atoms with Crippen LogP contribution in [0.2, 0.25) is 0 Å². The predicted octanol–water partition coefficient (Wildman–Crippen LogP) is 4.88. The van der Waals surface area contributed by atoms with Crippen molar-refractivity contribution in [3.8, 4) is 5.69 Å². The molecule has 4 fully saturated rings. The zero-order chi connectivity index (χ0) is 27.3. The lowest BCUT2D eigenvalue weighted by atomic mass is 9.75. The Labute approximate surface area is 229 Å². The molecule has 1 saturated carbocycles. The van der Waals surface area contributed by atoms with Gasteiger partial charge < -0.3 is 19.7 Å². The van der Waals surface area contributed by atoms with Gasteiger partial charge in [-0.2, -0.15) is 0 Å². The van der Waals surface area contributed by atoms with Crippen molar-refractivity contribution in [2.75, 3.05) is 20.1 Å². The van der Waals surface area contributed by atoms with Gasteiger partial charge in [-0.15, -0.1) is 0 Å². The maximum absolute atomic E-state index is 14.4. The van der Waals surface area contributed by atoms with Crippen LogP contribution in [-0.4, -0.2) is 69.4 Å². The fourth-order valence-electron chi connectivity index (χ4n) is 6.85. The number of hydrogen-bond donors (Lipinski definition) is 1. The SMILES string of the molecule is CC(C)N(C)C(=O)c1cc(F)ccc1-n1cc(C2CCCN(C(=O)C3NC4CCC3CC4)C2)c2ccncc21. The summed E-state index contributed by atoms with van der Waals surface area (Å²) in [7, 11) is 1.74. The first-order chi connectivity index (χ1) is 18.8. The van der Waals surface area contributed by atoms with Crippen molar-refractivity contribution >= 4 is 22.7 Å². The summed E-state index contributed by atoms with van der Waals surface area (Å²) in [5.41, 5.74) is 2.96. The van der Waals surface area contributed by atoms with E-state index in [0.717, 1.165) is 48.7 Å². The number of halogens is 1. The fraction of sp³-hybridized carbons (Fsp3) is 0.516. The molecule has 1 aromatic carbocycles. The van der Waals surface area contributed by atoms with E-state index in [9.17, 15) is 14.0 Å². The second-order valence-corrected chi connectivity index (χ2v) is 11.9. The average Bonchev–Trinajstić information content (AvgIpc) is 3.36. The molecule has 0 spiro atoms. The number of fused-ring (bicyclic) bond motifs is 4. The van der Waals surface area contributed by atoms with Gasteiger partial charge in [0, 0.05) is 55.9 Å². The predicted molar refractivity (Wildman–Crippen MR) is 149 cm³/mol. The number of rotatable bonds is 5. The molecule has 1 N–H and O–H groups in total. The number of likely N-dealkylation sites (tertiary alicyclic amines) is 1. The molecule has 0 radical (unpaired) electrons. The van der Waals surface area contributed by atoms with Crippen LogP contribution in [-0.2, 0) is 4.79 Å². The first-order valence-corrected chi connectivity index (χ1v) is 14.4. The Morgan fingerprint density at radius 2 is 1.92 bits per heavy atom. The number of nitrogens with one attached hydrogen (secondary N) is 1. The Bertz CT molecular complexity index is 1390. The topological polar surface area (TPSA) is 70.5 Å². The van der Waals surface area contributed by atoms with Crippen molar-refractivity contribution in [1.82, 2.24) is 24.7 Å². The van der Waals surface area contributed by atoms with Crippen LogP contribution in [0, 0.1) is 11.7 Å². The smallest absolute Gasteiger partial charge is 0.256 e. The molecule has 4 aliphatic rings. The summed E-state index contributed by atoms with van der Waals surface area (Å²) in [5.74, 6) is 0.209. The third kappa shape index (κ3) is 4.73. The molecule has 3 aliphatic heterocycles. The molecular formula is C31H38FN5O2. The molecule has 39 heavy (non-hydrogen) atoms. The maximum Gasteiger partial charge on any atom is 0.256 e. The number of carbonyl (C=O) groups is 2. The molecule has 2 unspecified atom stereocenters. The van der Waals surface area contributed by atoms with Gasteiger partial charge in [0.15, 0.2) is 0 Å². The highest BCUT2D eigenvalue weighted by Gasteiger charge is 2.41. The largest absolute Gasteiger partial charge is 0.341 e. The summed E-state index contributed by atoms with van der Waals surface area (Å²) in [4.78, 5) is 35.1. The van der Waals surface area contributed by atoms with E-state index < -0.39 is 5.82 Å². The molecule has 8 heteroatoms. The molecule has 7 nitrogen and oxygen atoms in total. The van der Waals surface area contributed by atoms with E-state index in [1.165, 1.54) is 25.0 Å². The molecule has 1 aliphatic carbocycles. The molecule has 2 amide bonds. The van der Waals surface area contributed by atoms with Gasteiger partial charge in [-0.25, -0.2) is 4.39 Å². The molecule has 5 heterocycles. The summed E-state index contributed by atoms with van der Waals surface area (Å²) in [5, 5.41) is 4.68. The van der Waals surface area contributed by atoms with Crippen molar-refractivity contribution in [1.29, 1.82) is 0 Å². The molecule has 2 bridgehead atoms. The standard InChI is InChI=1S/C31H38FN5O2/c1-19(2)35(3)30(38)25-15-22(32)8-11-27(25)37-18-26(24-12-13-33-16-28(24)37)21-5-4-14-36(17-21)31(39)29-20-6-9-23(34-29)10-7-20/h8,11-13,15-16,18-21,23,29,34H,4-7,9-10,14,17H2,1-3H3. The van der Waals surface area contributed by atoms with Crippen LogP contribution in [0.5, 0.6) is 0 Å². The summed E-state index contributed by atoms with van der Waals surface area (Å²) in [6, 6.07) is 6.82. The highest BCUT2D eigenvalue weighted by atomic mass is 19.1. The van der Waals surface area contributed by atoms with Crippen molar-refractivity contribution in [3.63, 3.8) is 0 Å². The van der Waals surface area contributed by atoms with Crippen molar-refractivity contribution in [3.05, 3.63) is 59.8 Å². The van der Waals surface area contributed by atoms with Gasteiger partial charge in [0.25, 0.3) is 5.91 Å². The number of pyridine rings is 1. The van der Waals surface area contributed by atoms with Crippen LogP contribution in [0.25, 0.3) is 16.6 Å². The van der Waals surface area contributed by atoms with Gasteiger partial charge in [0.1, 0.15) is 5.82 Å². The number of benzene rings is 1. The third-order valence-electron chi connectivity index (χ3n) is 9.28. The zero-order valence-corrected chi connectivity index (χ0v) is 23.1. The van der Waals surface area contributed by atoms with Crippen molar-refractivity contribution in [2.45, 2.75) is 76.4 Å². The summed E-state index contributed by atoms with van der Waals surface area (Å²) >= 11 is 0. The number of hydrogen-bond acceptors (Lipinski definition) is 4. The van der Waals surface area contributed by atoms with E-state index in [0.29, 0.717) is 29.8 Å². The van der Waals surface area contributed by atoms with Crippen LogP contribution < -0.4 is 5.32 Å². The lowest BCUT2D eigenvalue weighted by Gasteiger charge is -2.45. The van der Waals surface area contributed by atoms with Crippen LogP contribution in [0.3, 0.4) is 0 Å². The minimum absolute atomic E-state index is 0.0214. The lowest BCUT2D eigenvalue weighted by Crippen LogP contribution is -2.60. The van der Waals surface area contributed by atoms with Gasteiger partial charge >= 0.3 is 0 Å². The highest BCUT2D eigenvalue weighted by Crippen LogP contribution is 2.38.